The highest BCUT2D eigenvalue weighted by atomic mass is 16.6. The third kappa shape index (κ3) is 4.35. The highest BCUT2D eigenvalue weighted by molar-refractivity contribution is 6.07. The monoisotopic (exact) mass is 462 g/mol. The number of nitrogens with zero attached hydrogens (tertiary/aromatic N) is 2. The van der Waals surface area contributed by atoms with Crippen LogP contribution in [0.25, 0.3) is 0 Å². The van der Waals surface area contributed by atoms with E-state index in [2.05, 4.69) is 0 Å². The van der Waals surface area contributed by atoms with Crippen molar-refractivity contribution in [2.24, 2.45) is 16.8 Å². The number of carbonyl (C=O) groups excluding carboxylic acids is 2. The zero-order valence-electron chi connectivity index (χ0n) is 19.3. The molecule has 8 nitrogen and oxygen atoms in total. The fourth-order valence-corrected chi connectivity index (χ4v) is 4.80. The summed E-state index contributed by atoms with van der Waals surface area (Å²) in [5.74, 6) is -2.67. The zero-order valence-corrected chi connectivity index (χ0v) is 19.3. The van der Waals surface area contributed by atoms with Crippen LogP contribution >= 0.6 is 0 Å². The molecule has 2 unspecified atom stereocenters. The Kier molecular flexibility index (Phi) is 6.58. The lowest BCUT2D eigenvalue weighted by molar-refractivity contribution is -0.384. The number of esters is 2. The van der Waals surface area contributed by atoms with Crippen molar-refractivity contribution in [1.82, 2.24) is 0 Å². The first kappa shape index (κ1) is 23.4. The summed E-state index contributed by atoms with van der Waals surface area (Å²) >= 11 is 0. The van der Waals surface area contributed by atoms with E-state index in [9.17, 15) is 19.7 Å². The first-order chi connectivity index (χ1) is 16.4. The molecule has 1 aliphatic heterocycles. The second-order valence-corrected chi connectivity index (χ2v) is 8.46. The van der Waals surface area contributed by atoms with Gasteiger partial charge in [0.1, 0.15) is 5.92 Å². The maximum absolute atomic E-state index is 13.3. The third-order valence-electron chi connectivity index (χ3n) is 6.43. The van der Waals surface area contributed by atoms with Gasteiger partial charge in [-0.1, -0.05) is 42.5 Å². The Balaban J connectivity index is 1.89. The van der Waals surface area contributed by atoms with Crippen LogP contribution in [0.5, 0.6) is 0 Å². The second kappa shape index (κ2) is 9.59. The lowest BCUT2D eigenvalue weighted by atomic mass is 9.74. The number of hydrogen-bond acceptors (Lipinski definition) is 7. The highest BCUT2D eigenvalue weighted by Crippen LogP contribution is 2.56. The molecule has 2 aromatic rings. The Hall–Kier alpha value is -3.81. The van der Waals surface area contributed by atoms with Gasteiger partial charge in [0.25, 0.3) is 5.69 Å². The van der Waals surface area contributed by atoms with Gasteiger partial charge in [-0.2, -0.15) is 0 Å². The topological polar surface area (TPSA) is 108 Å². The molecule has 0 N–H and O–H groups in total. The number of aliphatic imine (C=N–C) groups is 1. The number of rotatable bonds is 7. The van der Waals surface area contributed by atoms with Crippen molar-refractivity contribution in [3.8, 4) is 0 Å². The summed E-state index contributed by atoms with van der Waals surface area (Å²) in [6.07, 6.45) is 0.809. The minimum atomic E-state index is -0.899. The lowest BCUT2D eigenvalue weighted by Gasteiger charge is -2.32. The number of allylic oxidation sites excluding steroid dienone is 1. The van der Waals surface area contributed by atoms with Gasteiger partial charge < -0.3 is 9.47 Å². The minimum Gasteiger partial charge on any atom is -0.468 e. The van der Waals surface area contributed by atoms with Crippen LogP contribution in [0.15, 0.2) is 70.9 Å². The van der Waals surface area contributed by atoms with Crippen molar-refractivity contribution in [3.63, 3.8) is 0 Å². The van der Waals surface area contributed by atoms with Gasteiger partial charge in [0, 0.05) is 29.7 Å². The van der Waals surface area contributed by atoms with Gasteiger partial charge in [-0.05, 0) is 37.3 Å². The number of hydrogen-bond donors (Lipinski definition) is 0. The van der Waals surface area contributed by atoms with Crippen LogP contribution < -0.4 is 0 Å². The molecule has 0 bridgehead atoms. The Morgan fingerprint density at radius 1 is 1.09 bits per heavy atom. The van der Waals surface area contributed by atoms with Gasteiger partial charge in [0.15, 0.2) is 0 Å². The van der Waals surface area contributed by atoms with Gasteiger partial charge in [0.05, 0.1) is 29.9 Å². The number of nitro groups is 1. The molecule has 0 saturated heterocycles. The molecule has 1 fully saturated rings. The van der Waals surface area contributed by atoms with Crippen molar-refractivity contribution < 1.29 is 24.0 Å². The molecule has 1 aliphatic carbocycles. The number of carbonyl (C=O) groups is 2. The van der Waals surface area contributed by atoms with Crippen molar-refractivity contribution in [2.45, 2.75) is 32.1 Å². The van der Waals surface area contributed by atoms with E-state index in [1.54, 1.807) is 26.0 Å². The second-order valence-electron chi connectivity index (χ2n) is 8.46. The number of benzene rings is 2. The van der Waals surface area contributed by atoms with Crippen LogP contribution in [0.2, 0.25) is 0 Å². The average molecular weight is 463 g/mol. The Bertz CT molecular complexity index is 1190. The molecular weight excluding hydrogens is 436 g/mol. The molecule has 0 spiro atoms. The van der Waals surface area contributed by atoms with E-state index < -0.39 is 28.7 Å². The molecule has 4 atom stereocenters. The lowest BCUT2D eigenvalue weighted by Crippen LogP contribution is -2.36. The van der Waals surface area contributed by atoms with E-state index >= 15 is 0 Å². The van der Waals surface area contributed by atoms with E-state index in [-0.39, 0.29) is 29.7 Å². The summed E-state index contributed by atoms with van der Waals surface area (Å²) in [5, 5.41) is 11.5. The van der Waals surface area contributed by atoms with Crippen LogP contribution in [0.3, 0.4) is 0 Å². The van der Waals surface area contributed by atoms with Crippen LogP contribution in [0, 0.1) is 22.0 Å². The largest absolute Gasteiger partial charge is 0.468 e. The molecule has 34 heavy (non-hydrogen) atoms. The Labute approximate surface area is 197 Å². The molecule has 0 aromatic heterocycles. The summed E-state index contributed by atoms with van der Waals surface area (Å²) in [5.41, 5.74) is 2.85. The number of nitro benzene ring substituents is 1. The van der Waals surface area contributed by atoms with E-state index in [1.165, 1.54) is 19.2 Å². The van der Waals surface area contributed by atoms with E-state index in [0.29, 0.717) is 17.0 Å². The standard InChI is InChI=1S/C26H26N2O6/c1-4-34-26(30)23-22(17-11-8-12-18(13-17)28(31)32)21(25(29)33-3)15(2)27-24(23)20-14-19(20)16-9-6-5-7-10-16/h5-13,19-22H,4,14H2,1-3H3/t19-,20+,21?,22?/m0/s1. The summed E-state index contributed by atoms with van der Waals surface area (Å²) in [4.78, 5) is 41.9. The first-order valence-electron chi connectivity index (χ1n) is 11.2. The minimum absolute atomic E-state index is 0.0171. The van der Waals surface area contributed by atoms with E-state index in [1.807, 2.05) is 30.3 Å². The Morgan fingerprint density at radius 3 is 2.44 bits per heavy atom. The van der Waals surface area contributed by atoms with Gasteiger partial charge in [-0.25, -0.2) is 4.79 Å². The van der Waals surface area contributed by atoms with Crippen molar-refractivity contribution in [3.05, 3.63) is 87.1 Å². The SMILES string of the molecule is CCOC(=O)C1=C([C@@H]2C[C@H]2c2ccccc2)N=C(C)C(C(=O)OC)C1c1cccc([N+](=O)[O-])c1. The molecule has 2 aromatic carbocycles. The molecule has 8 heteroatoms. The predicted octanol–water partition coefficient (Wildman–Crippen LogP) is 4.56. The molecule has 1 saturated carbocycles. The van der Waals surface area contributed by atoms with E-state index in [4.69, 9.17) is 14.5 Å². The van der Waals surface area contributed by atoms with Gasteiger partial charge in [-0.3, -0.25) is 19.9 Å². The normalized spacial score (nSPS) is 23.7. The van der Waals surface area contributed by atoms with Crippen molar-refractivity contribution in [2.75, 3.05) is 13.7 Å². The van der Waals surface area contributed by atoms with Crippen LogP contribution in [0.1, 0.15) is 43.2 Å². The smallest absolute Gasteiger partial charge is 0.336 e. The predicted molar refractivity (Wildman–Crippen MR) is 125 cm³/mol. The van der Waals surface area contributed by atoms with Gasteiger partial charge >= 0.3 is 11.9 Å². The molecular formula is C26H26N2O6. The van der Waals surface area contributed by atoms with Crippen LogP contribution in [0.4, 0.5) is 5.69 Å². The molecule has 2 aliphatic rings. The number of ether oxygens (including phenoxy) is 2. The van der Waals surface area contributed by atoms with Gasteiger partial charge in [-0.15, -0.1) is 0 Å². The maximum atomic E-state index is 13.3. The third-order valence-corrected chi connectivity index (χ3v) is 6.43. The summed E-state index contributed by atoms with van der Waals surface area (Å²) < 4.78 is 10.5. The summed E-state index contributed by atoms with van der Waals surface area (Å²) in [7, 11) is 1.27. The maximum Gasteiger partial charge on any atom is 0.336 e. The molecule has 0 amide bonds. The van der Waals surface area contributed by atoms with Crippen LogP contribution in [-0.2, 0) is 19.1 Å². The fraction of sp³-hybridized carbons (Fsp3) is 0.346. The quantitative estimate of drug-likeness (QED) is 0.339. The zero-order chi connectivity index (χ0) is 24.4. The number of methoxy groups -OCH3 is 1. The number of non-ortho nitro benzene ring substituents is 1. The van der Waals surface area contributed by atoms with E-state index in [0.717, 1.165) is 12.0 Å². The molecule has 4 rings (SSSR count). The highest BCUT2D eigenvalue weighted by Gasteiger charge is 2.49. The van der Waals surface area contributed by atoms with Crippen molar-refractivity contribution in [1.29, 1.82) is 0 Å². The fourth-order valence-electron chi connectivity index (χ4n) is 4.80. The first-order valence-corrected chi connectivity index (χ1v) is 11.2. The summed E-state index contributed by atoms with van der Waals surface area (Å²) in [6.45, 7) is 3.59. The van der Waals surface area contributed by atoms with Gasteiger partial charge in [0.2, 0.25) is 0 Å². The Morgan fingerprint density at radius 2 is 1.79 bits per heavy atom. The van der Waals surface area contributed by atoms with Crippen LogP contribution in [-0.4, -0.2) is 36.3 Å². The molecule has 0 radical (unpaired) electrons. The average Bonchev–Trinajstić information content (AvgIpc) is 3.64. The van der Waals surface area contributed by atoms with Crippen molar-refractivity contribution >= 4 is 23.3 Å². The molecule has 176 valence electrons. The molecule has 1 heterocycles. The summed E-state index contributed by atoms with van der Waals surface area (Å²) in [6, 6.07) is 16.0.